The van der Waals surface area contributed by atoms with Gasteiger partial charge in [-0.3, -0.25) is 14.4 Å². The first-order valence-corrected chi connectivity index (χ1v) is 11.8. The van der Waals surface area contributed by atoms with Gasteiger partial charge in [-0.1, -0.05) is 18.2 Å². The number of aromatic amines is 1. The van der Waals surface area contributed by atoms with Gasteiger partial charge >= 0.3 is 0 Å². The van der Waals surface area contributed by atoms with Crippen molar-refractivity contribution in [1.82, 2.24) is 14.9 Å². The Kier molecular flexibility index (Phi) is 6.64. The molecule has 1 saturated heterocycles. The third-order valence-corrected chi connectivity index (χ3v) is 6.22. The summed E-state index contributed by atoms with van der Waals surface area (Å²) in [4.78, 5) is 47.8. The number of amides is 2. The van der Waals surface area contributed by atoms with E-state index in [0.717, 1.165) is 18.4 Å². The number of furan rings is 1. The lowest BCUT2D eigenvalue weighted by molar-refractivity contribution is 0.0501. The van der Waals surface area contributed by atoms with Gasteiger partial charge in [-0.25, -0.2) is 4.98 Å². The van der Waals surface area contributed by atoms with Crippen molar-refractivity contribution < 1.29 is 18.7 Å². The summed E-state index contributed by atoms with van der Waals surface area (Å²) in [7, 11) is 0. The molecule has 1 aliphatic heterocycles. The molecule has 9 heteroatoms. The molecule has 3 heterocycles. The lowest BCUT2D eigenvalue weighted by atomic mass is 10.1. The standard InChI is InChI=1S/C27H26N4O5/c1-17-10-11-18(14-22(17)29-26(33)23-9-5-13-36-23)27(34)31(15-19-6-4-12-35-19)16-24-28-21-8-3-2-7-20(21)25(32)30-24/h2-3,5,7-11,13-14,19H,4,6,12,15-16H2,1H3,(H,29,33)(H,28,30,32)/t19-/m0/s1. The Labute approximate surface area is 207 Å². The first-order chi connectivity index (χ1) is 17.5. The molecule has 2 amide bonds. The number of aryl methyl sites for hydroxylation is 1. The van der Waals surface area contributed by atoms with Gasteiger partial charge in [0.05, 0.1) is 29.8 Å². The maximum atomic E-state index is 13.7. The van der Waals surface area contributed by atoms with Gasteiger partial charge in [-0.15, -0.1) is 0 Å². The fourth-order valence-corrected chi connectivity index (χ4v) is 4.31. The Morgan fingerprint density at radius 1 is 1.17 bits per heavy atom. The zero-order chi connectivity index (χ0) is 25.1. The van der Waals surface area contributed by atoms with Crippen LogP contribution in [0.1, 0.15) is 45.1 Å². The fourth-order valence-electron chi connectivity index (χ4n) is 4.31. The maximum Gasteiger partial charge on any atom is 0.291 e. The zero-order valence-electron chi connectivity index (χ0n) is 19.8. The number of rotatable bonds is 7. The number of fused-ring (bicyclic) bond motifs is 1. The smallest absolute Gasteiger partial charge is 0.291 e. The van der Waals surface area contributed by atoms with Gasteiger partial charge in [0.1, 0.15) is 5.82 Å². The van der Waals surface area contributed by atoms with Crippen LogP contribution >= 0.6 is 0 Å². The number of carbonyl (C=O) groups excluding carboxylic acids is 2. The molecule has 1 fully saturated rings. The molecule has 36 heavy (non-hydrogen) atoms. The molecule has 2 aromatic heterocycles. The SMILES string of the molecule is Cc1ccc(C(=O)N(Cc2nc3ccccc3c(=O)[nH]2)C[C@@H]2CCCO2)cc1NC(=O)c1ccco1. The number of para-hydroxylation sites is 1. The quantitative estimate of drug-likeness (QED) is 0.409. The number of ether oxygens (including phenoxy) is 1. The van der Waals surface area contributed by atoms with Crippen LogP contribution in [0, 0.1) is 6.92 Å². The summed E-state index contributed by atoms with van der Waals surface area (Å²) in [6.07, 6.45) is 3.12. The number of anilines is 1. The molecule has 2 N–H and O–H groups in total. The zero-order valence-corrected chi connectivity index (χ0v) is 19.8. The summed E-state index contributed by atoms with van der Waals surface area (Å²) in [6, 6.07) is 15.4. The Morgan fingerprint density at radius 3 is 2.81 bits per heavy atom. The van der Waals surface area contributed by atoms with Crippen molar-refractivity contribution >= 4 is 28.4 Å². The maximum absolute atomic E-state index is 13.7. The predicted molar refractivity (Wildman–Crippen MR) is 134 cm³/mol. The van der Waals surface area contributed by atoms with Gasteiger partial charge in [-0.05, 0) is 61.7 Å². The number of aromatic nitrogens is 2. The summed E-state index contributed by atoms with van der Waals surface area (Å²) < 4.78 is 11.0. The van der Waals surface area contributed by atoms with Crippen LogP contribution in [-0.2, 0) is 11.3 Å². The number of benzene rings is 2. The van der Waals surface area contributed by atoms with Gasteiger partial charge in [0.15, 0.2) is 5.76 Å². The molecule has 184 valence electrons. The molecule has 1 aliphatic rings. The van der Waals surface area contributed by atoms with Crippen molar-refractivity contribution in [1.29, 1.82) is 0 Å². The molecule has 5 rings (SSSR count). The van der Waals surface area contributed by atoms with E-state index in [1.54, 1.807) is 53.4 Å². The van der Waals surface area contributed by atoms with E-state index < -0.39 is 5.91 Å². The molecule has 0 spiro atoms. The van der Waals surface area contributed by atoms with Gasteiger partial charge in [-0.2, -0.15) is 0 Å². The van der Waals surface area contributed by atoms with Gasteiger partial charge < -0.3 is 24.4 Å². The molecule has 1 atom stereocenters. The average molecular weight is 487 g/mol. The van der Waals surface area contributed by atoms with E-state index in [1.807, 2.05) is 13.0 Å². The van der Waals surface area contributed by atoms with E-state index in [0.29, 0.717) is 41.1 Å². The minimum absolute atomic E-state index is 0.0929. The molecular weight excluding hydrogens is 460 g/mol. The van der Waals surface area contributed by atoms with Gasteiger partial charge in [0.25, 0.3) is 17.4 Å². The molecule has 0 unspecified atom stereocenters. The molecular formula is C27H26N4O5. The second-order valence-corrected chi connectivity index (χ2v) is 8.81. The van der Waals surface area contributed by atoms with Gasteiger partial charge in [0, 0.05) is 24.4 Å². The summed E-state index contributed by atoms with van der Waals surface area (Å²) >= 11 is 0. The van der Waals surface area contributed by atoms with Crippen LogP contribution in [-0.4, -0.2) is 45.9 Å². The molecule has 9 nitrogen and oxygen atoms in total. The minimum Gasteiger partial charge on any atom is -0.459 e. The highest BCUT2D eigenvalue weighted by molar-refractivity contribution is 6.04. The van der Waals surface area contributed by atoms with Crippen LogP contribution in [0.25, 0.3) is 10.9 Å². The van der Waals surface area contributed by atoms with Crippen LogP contribution in [0.5, 0.6) is 0 Å². The Hall–Kier alpha value is -4.24. The lowest BCUT2D eigenvalue weighted by Gasteiger charge is -2.25. The van der Waals surface area contributed by atoms with E-state index in [-0.39, 0.29) is 29.9 Å². The first kappa shape index (κ1) is 23.5. The fraction of sp³-hybridized carbons (Fsp3) is 0.259. The van der Waals surface area contributed by atoms with Crippen LogP contribution < -0.4 is 10.9 Å². The largest absolute Gasteiger partial charge is 0.459 e. The highest BCUT2D eigenvalue weighted by atomic mass is 16.5. The molecule has 0 radical (unpaired) electrons. The number of nitrogens with zero attached hydrogens (tertiary/aromatic N) is 2. The number of hydrogen-bond acceptors (Lipinski definition) is 6. The third-order valence-electron chi connectivity index (χ3n) is 6.22. The van der Waals surface area contributed by atoms with Crippen molar-refractivity contribution in [3.8, 4) is 0 Å². The first-order valence-electron chi connectivity index (χ1n) is 11.8. The predicted octanol–water partition coefficient (Wildman–Crippen LogP) is 3.90. The van der Waals surface area contributed by atoms with E-state index in [1.165, 1.54) is 6.26 Å². The highest BCUT2D eigenvalue weighted by Gasteiger charge is 2.25. The monoisotopic (exact) mass is 486 g/mol. The molecule has 0 aliphatic carbocycles. The number of hydrogen-bond donors (Lipinski definition) is 2. The van der Waals surface area contributed by atoms with Crippen LogP contribution in [0.3, 0.4) is 0 Å². The molecule has 4 aromatic rings. The highest BCUT2D eigenvalue weighted by Crippen LogP contribution is 2.22. The third kappa shape index (κ3) is 5.06. The van der Waals surface area contributed by atoms with E-state index in [9.17, 15) is 14.4 Å². The second kappa shape index (κ2) is 10.2. The van der Waals surface area contributed by atoms with Crippen LogP contribution in [0.4, 0.5) is 5.69 Å². The van der Waals surface area contributed by atoms with E-state index in [4.69, 9.17) is 9.15 Å². The van der Waals surface area contributed by atoms with Crippen molar-refractivity contribution in [3.05, 3.63) is 93.9 Å². The minimum atomic E-state index is -0.401. The number of carbonyl (C=O) groups is 2. The molecule has 2 aromatic carbocycles. The topological polar surface area (TPSA) is 118 Å². The molecule has 0 bridgehead atoms. The van der Waals surface area contributed by atoms with E-state index in [2.05, 4.69) is 15.3 Å². The Bertz CT molecular complexity index is 1450. The lowest BCUT2D eigenvalue weighted by Crippen LogP contribution is -2.38. The number of H-pyrrole nitrogens is 1. The Morgan fingerprint density at radius 2 is 2.03 bits per heavy atom. The van der Waals surface area contributed by atoms with Crippen molar-refractivity contribution in [2.75, 3.05) is 18.5 Å². The summed E-state index contributed by atoms with van der Waals surface area (Å²) in [5.74, 6) is -0.0855. The summed E-state index contributed by atoms with van der Waals surface area (Å²) in [5.41, 5.74) is 2.03. The van der Waals surface area contributed by atoms with Crippen molar-refractivity contribution in [3.63, 3.8) is 0 Å². The second-order valence-electron chi connectivity index (χ2n) is 8.81. The van der Waals surface area contributed by atoms with Crippen LogP contribution in [0.15, 0.2) is 70.1 Å². The van der Waals surface area contributed by atoms with Crippen LogP contribution in [0.2, 0.25) is 0 Å². The van der Waals surface area contributed by atoms with Crippen molar-refractivity contribution in [2.24, 2.45) is 0 Å². The normalized spacial score (nSPS) is 15.2. The van der Waals surface area contributed by atoms with E-state index >= 15 is 0 Å². The summed E-state index contributed by atoms with van der Waals surface area (Å²) in [5, 5.41) is 3.30. The Balaban J connectivity index is 1.43. The summed E-state index contributed by atoms with van der Waals surface area (Å²) in [6.45, 7) is 2.98. The van der Waals surface area contributed by atoms with Gasteiger partial charge in [0.2, 0.25) is 0 Å². The van der Waals surface area contributed by atoms with Crippen molar-refractivity contribution in [2.45, 2.75) is 32.4 Å². The molecule has 0 saturated carbocycles. The number of nitrogens with one attached hydrogen (secondary N) is 2. The average Bonchev–Trinajstić information content (AvgIpc) is 3.59.